The largest absolute Gasteiger partial charge is 0.479 e. The topological polar surface area (TPSA) is 81.7 Å². The Hall–Kier alpha value is -2.08. The van der Waals surface area contributed by atoms with Gasteiger partial charge in [0.05, 0.1) is 0 Å². The number of amides is 2. The van der Waals surface area contributed by atoms with Crippen molar-refractivity contribution in [2.45, 2.75) is 24.9 Å². The molecule has 1 fully saturated rings. The minimum atomic E-state index is -1.06. The molecule has 1 atom stereocenters. The molecule has 0 aromatic heterocycles. The van der Waals surface area contributed by atoms with Gasteiger partial charge in [-0.2, -0.15) is 0 Å². The number of nitrogens with one attached hydrogen (secondary N) is 2. The lowest BCUT2D eigenvalue weighted by atomic mass is 10.1. The van der Waals surface area contributed by atoms with Crippen molar-refractivity contribution in [2.24, 2.45) is 0 Å². The Labute approximate surface area is 124 Å². The van der Waals surface area contributed by atoms with Crippen molar-refractivity contribution in [1.82, 2.24) is 15.5 Å². The number of nitrogens with zero attached hydrogens (tertiary/aromatic N) is 1. The smallest absolute Gasteiger partial charge is 0.330 e. The highest BCUT2D eigenvalue weighted by molar-refractivity contribution is 5.83. The molecule has 1 aromatic rings. The highest BCUT2D eigenvalue weighted by atomic mass is 16.4. The summed E-state index contributed by atoms with van der Waals surface area (Å²) in [5.41, 5.74) is 0.567. The molecular formula is C15H21N3O3. The molecule has 0 bridgehead atoms. The van der Waals surface area contributed by atoms with E-state index in [1.54, 1.807) is 36.2 Å². The summed E-state index contributed by atoms with van der Waals surface area (Å²) in [6.45, 7) is 1.76. The van der Waals surface area contributed by atoms with Crippen LogP contribution in [0.5, 0.6) is 0 Å². The average molecular weight is 291 g/mol. The summed E-state index contributed by atoms with van der Waals surface area (Å²) in [6.07, 6.45) is 1.76. The van der Waals surface area contributed by atoms with E-state index in [2.05, 4.69) is 10.6 Å². The van der Waals surface area contributed by atoms with Crippen molar-refractivity contribution in [2.75, 3.05) is 20.1 Å². The molecule has 0 radical (unpaired) electrons. The molecule has 1 saturated heterocycles. The van der Waals surface area contributed by atoms with Gasteiger partial charge in [0, 0.05) is 13.1 Å². The molecule has 21 heavy (non-hydrogen) atoms. The number of benzene rings is 1. The van der Waals surface area contributed by atoms with Crippen LogP contribution < -0.4 is 10.6 Å². The molecular weight excluding hydrogens is 270 g/mol. The fraction of sp³-hybridized carbons (Fsp3) is 0.467. The first-order valence-corrected chi connectivity index (χ1v) is 7.11. The Kier molecular flexibility index (Phi) is 5.16. The van der Waals surface area contributed by atoms with Gasteiger partial charge in [0.15, 0.2) is 6.04 Å². The minimum Gasteiger partial charge on any atom is -0.479 e. The fourth-order valence-electron chi connectivity index (χ4n) is 2.52. The number of carboxylic acids is 1. The van der Waals surface area contributed by atoms with Gasteiger partial charge >= 0.3 is 12.0 Å². The van der Waals surface area contributed by atoms with E-state index >= 15 is 0 Å². The second-order valence-corrected chi connectivity index (χ2v) is 5.22. The maximum Gasteiger partial charge on any atom is 0.330 e. The SMILES string of the molecule is CN(C(=O)NC(C(=O)O)c1ccccc1)C1CCNCC1. The summed E-state index contributed by atoms with van der Waals surface area (Å²) in [5.74, 6) is -1.06. The zero-order valence-corrected chi connectivity index (χ0v) is 12.1. The van der Waals surface area contributed by atoms with Gasteiger partial charge in [-0.25, -0.2) is 9.59 Å². The molecule has 1 aliphatic rings. The Morgan fingerprint density at radius 3 is 2.48 bits per heavy atom. The molecule has 2 amide bonds. The van der Waals surface area contributed by atoms with Crippen LogP contribution in [-0.4, -0.2) is 48.2 Å². The van der Waals surface area contributed by atoms with E-state index in [1.165, 1.54) is 0 Å². The summed E-state index contributed by atoms with van der Waals surface area (Å²) >= 11 is 0. The number of piperidine rings is 1. The second-order valence-electron chi connectivity index (χ2n) is 5.22. The highest BCUT2D eigenvalue weighted by Crippen LogP contribution is 2.15. The lowest BCUT2D eigenvalue weighted by Crippen LogP contribution is -2.49. The number of carbonyl (C=O) groups is 2. The number of rotatable bonds is 4. The van der Waals surface area contributed by atoms with E-state index < -0.39 is 12.0 Å². The predicted octanol–water partition coefficient (Wildman–Crippen LogP) is 1.21. The van der Waals surface area contributed by atoms with E-state index in [1.807, 2.05) is 6.07 Å². The van der Waals surface area contributed by atoms with Crippen molar-refractivity contribution in [3.8, 4) is 0 Å². The van der Waals surface area contributed by atoms with Gasteiger partial charge in [0.1, 0.15) is 0 Å². The maximum atomic E-state index is 12.3. The summed E-state index contributed by atoms with van der Waals surface area (Å²) in [7, 11) is 1.72. The molecule has 1 aromatic carbocycles. The first-order valence-electron chi connectivity index (χ1n) is 7.11. The highest BCUT2D eigenvalue weighted by Gasteiger charge is 2.27. The van der Waals surface area contributed by atoms with Gasteiger partial charge in [0.25, 0.3) is 0 Å². The van der Waals surface area contributed by atoms with Gasteiger partial charge < -0.3 is 20.6 Å². The van der Waals surface area contributed by atoms with Gasteiger partial charge in [-0.3, -0.25) is 0 Å². The van der Waals surface area contributed by atoms with Crippen LogP contribution in [0.1, 0.15) is 24.4 Å². The summed E-state index contributed by atoms with van der Waals surface area (Å²) in [5, 5.41) is 15.2. The molecule has 1 heterocycles. The first-order chi connectivity index (χ1) is 10.1. The van der Waals surface area contributed by atoms with Crippen LogP contribution in [-0.2, 0) is 4.79 Å². The van der Waals surface area contributed by atoms with Crippen LogP contribution in [0.25, 0.3) is 0 Å². The number of carboxylic acid groups (broad SMARTS) is 1. The Bertz CT molecular complexity index is 486. The van der Waals surface area contributed by atoms with E-state index in [4.69, 9.17) is 0 Å². The van der Waals surface area contributed by atoms with Gasteiger partial charge in [-0.1, -0.05) is 30.3 Å². The molecule has 6 heteroatoms. The van der Waals surface area contributed by atoms with Gasteiger partial charge in [0.2, 0.25) is 0 Å². The normalized spacial score (nSPS) is 17.0. The third kappa shape index (κ3) is 3.95. The Morgan fingerprint density at radius 2 is 1.90 bits per heavy atom. The molecule has 1 unspecified atom stereocenters. The molecule has 0 spiro atoms. The summed E-state index contributed by atoms with van der Waals surface area (Å²) < 4.78 is 0. The summed E-state index contributed by atoms with van der Waals surface area (Å²) in [4.78, 5) is 25.3. The van der Waals surface area contributed by atoms with Gasteiger partial charge in [-0.15, -0.1) is 0 Å². The molecule has 1 aliphatic heterocycles. The van der Waals surface area contributed by atoms with Crippen LogP contribution in [0.15, 0.2) is 30.3 Å². The Morgan fingerprint density at radius 1 is 1.29 bits per heavy atom. The monoisotopic (exact) mass is 291 g/mol. The lowest BCUT2D eigenvalue weighted by Gasteiger charge is -2.32. The van der Waals surface area contributed by atoms with Crippen LogP contribution in [0.3, 0.4) is 0 Å². The number of carbonyl (C=O) groups excluding carboxylic acids is 1. The average Bonchev–Trinajstić information content (AvgIpc) is 2.53. The predicted molar refractivity (Wildman–Crippen MR) is 79.0 cm³/mol. The van der Waals surface area contributed by atoms with E-state index in [-0.39, 0.29) is 12.1 Å². The van der Waals surface area contributed by atoms with Crippen LogP contribution in [0.4, 0.5) is 4.79 Å². The number of hydrogen-bond acceptors (Lipinski definition) is 3. The molecule has 0 aliphatic carbocycles. The summed E-state index contributed by atoms with van der Waals surface area (Å²) in [6, 6.07) is 7.50. The van der Waals surface area contributed by atoms with Crippen molar-refractivity contribution < 1.29 is 14.7 Å². The zero-order valence-electron chi connectivity index (χ0n) is 12.1. The van der Waals surface area contributed by atoms with Gasteiger partial charge in [-0.05, 0) is 31.5 Å². The van der Waals surface area contributed by atoms with Crippen LogP contribution in [0.2, 0.25) is 0 Å². The van der Waals surface area contributed by atoms with Crippen molar-refractivity contribution in [3.63, 3.8) is 0 Å². The van der Waals surface area contributed by atoms with Crippen molar-refractivity contribution in [3.05, 3.63) is 35.9 Å². The zero-order chi connectivity index (χ0) is 15.2. The van der Waals surface area contributed by atoms with Crippen LogP contribution >= 0.6 is 0 Å². The molecule has 0 saturated carbocycles. The first kappa shape index (κ1) is 15.3. The maximum absolute atomic E-state index is 12.3. The lowest BCUT2D eigenvalue weighted by molar-refractivity contribution is -0.139. The third-order valence-electron chi connectivity index (χ3n) is 3.82. The van der Waals surface area contributed by atoms with E-state index in [0.717, 1.165) is 25.9 Å². The second kappa shape index (κ2) is 7.08. The minimum absolute atomic E-state index is 0.150. The quantitative estimate of drug-likeness (QED) is 0.778. The molecule has 3 N–H and O–H groups in total. The molecule has 6 nitrogen and oxygen atoms in total. The fourth-order valence-corrected chi connectivity index (χ4v) is 2.52. The third-order valence-corrected chi connectivity index (χ3v) is 3.82. The number of urea groups is 1. The van der Waals surface area contributed by atoms with Crippen LogP contribution in [0, 0.1) is 0 Å². The van der Waals surface area contributed by atoms with Crippen molar-refractivity contribution in [1.29, 1.82) is 0 Å². The molecule has 2 rings (SSSR count). The molecule has 114 valence electrons. The van der Waals surface area contributed by atoms with Crippen molar-refractivity contribution >= 4 is 12.0 Å². The number of aliphatic carboxylic acids is 1. The van der Waals surface area contributed by atoms with E-state index in [0.29, 0.717) is 5.56 Å². The number of hydrogen-bond donors (Lipinski definition) is 3. The standard InChI is InChI=1S/C15H21N3O3/c1-18(12-7-9-16-10-8-12)15(21)17-13(14(19)20)11-5-3-2-4-6-11/h2-6,12-13,16H,7-10H2,1H3,(H,17,21)(H,19,20). The Balaban J connectivity index is 2.03. The van der Waals surface area contributed by atoms with E-state index in [9.17, 15) is 14.7 Å².